The van der Waals surface area contributed by atoms with Gasteiger partial charge in [0.2, 0.25) is 11.7 Å². The van der Waals surface area contributed by atoms with Crippen LogP contribution in [0, 0.1) is 24.1 Å². The van der Waals surface area contributed by atoms with Gasteiger partial charge in [-0.15, -0.1) is 0 Å². The van der Waals surface area contributed by atoms with E-state index in [0.29, 0.717) is 40.4 Å². The highest BCUT2D eigenvalue weighted by atomic mass is 19.1. The number of aryl methyl sites for hydroxylation is 1. The number of aromatic amines is 1. The third-order valence-electron chi connectivity index (χ3n) is 5.52. The number of halogens is 1. The minimum Gasteiger partial charge on any atom is -0.349 e. The van der Waals surface area contributed by atoms with Gasteiger partial charge in [-0.3, -0.25) is 9.59 Å². The van der Waals surface area contributed by atoms with E-state index in [1.807, 2.05) is 6.07 Å². The van der Waals surface area contributed by atoms with Gasteiger partial charge in [-0.05, 0) is 50.5 Å². The van der Waals surface area contributed by atoms with Gasteiger partial charge < -0.3 is 10.3 Å². The van der Waals surface area contributed by atoms with E-state index in [0.717, 1.165) is 0 Å². The zero-order valence-corrected chi connectivity index (χ0v) is 15.9. The average molecular weight is 391 g/mol. The monoisotopic (exact) mass is 391 g/mol. The second kappa shape index (κ2) is 6.78. The van der Waals surface area contributed by atoms with Crippen LogP contribution in [0.4, 0.5) is 4.39 Å². The lowest BCUT2D eigenvalue weighted by molar-refractivity contribution is -0.124. The first-order valence-corrected chi connectivity index (χ1v) is 9.21. The summed E-state index contributed by atoms with van der Waals surface area (Å²) < 4.78 is 13.7. The number of carbonyl (C=O) groups is 1. The van der Waals surface area contributed by atoms with Crippen molar-refractivity contribution >= 4 is 16.8 Å². The van der Waals surface area contributed by atoms with Crippen LogP contribution in [0.25, 0.3) is 10.9 Å². The third kappa shape index (κ3) is 3.14. The van der Waals surface area contributed by atoms with Crippen molar-refractivity contribution in [3.05, 3.63) is 69.3 Å². The molecule has 1 aliphatic rings. The molecule has 3 aromatic rings. The molecule has 1 fully saturated rings. The lowest BCUT2D eigenvalue weighted by Crippen LogP contribution is -2.40. The number of nitrogens with zero attached hydrogens (tertiary/aromatic N) is 3. The van der Waals surface area contributed by atoms with Gasteiger partial charge in [-0.25, -0.2) is 14.4 Å². The van der Waals surface area contributed by atoms with Gasteiger partial charge in [0.25, 0.3) is 5.56 Å². The zero-order chi connectivity index (χ0) is 20.8. The molecule has 1 aliphatic carbocycles. The van der Waals surface area contributed by atoms with E-state index in [1.165, 1.54) is 30.6 Å². The summed E-state index contributed by atoms with van der Waals surface area (Å²) in [7, 11) is 0. The molecule has 2 N–H and O–H groups in total. The van der Waals surface area contributed by atoms with Gasteiger partial charge in [0.05, 0.1) is 11.5 Å². The smallest absolute Gasteiger partial charge is 0.252 e. The number of nitrogens with one attached hydrogen (secondary N) is 2. The van der Waals surface area contributed by atoms with Gasteiger partial charge in [0.1, 0.15) is 11.9 Å². The first-order chi connectivity index (χ1) is 13.9. The molecule has 1 amide bonds. The Morgan fingerprint density at radius 1 is 1.34 bits per heavy atom. The predicted molar refractivity (Wildman–Crippen MR) is 103 cm³/mol. The van der Waals surface area contributed by atoms with E-state index in [9.17, 15) is 14.0 Å². The van der Waals surface area contributed by atoms with Crippen LogP contribution in [0.2, 0.25) is 0 Å². The number of nitriles is 1. The van der Waals surface area contributed by atoms with Gasteiger partial charge in [-0.1, -0.05) is 0 Å². The van der Waals surface area contributed by atoms with Gasteiger partial charge in [0.15, 0.2) is 0 Å². The van der Waals surface area contributed by atoms with E-state index in [-0.39, 0.29) is 17.3 Å². The van der Waals surface area contributed by atoms with Crippen LogP contribution < -0.4 is 10.9 Å². The Morgan fingerprint density at radius 3 is 2.66 bits per heavy atom. The van der Waals surface area contributed by atoms with Crippen LogP contribution in [0.1, 0.15) is 48.3 Å². The molecule has 0 spiro atoms. The molecule has 2 heterocycles. The molecule has 7 nitrogen and oxygen atoms in total. The highest BCUT2D eigenvalue weighted by Crippen LogP contribution is 2.49. The van der Waals surface area contributed by atoms with Gasteiger partial charge >= 0.3 is 0 Å². The first kappa shape index (κ1) is 18.7. The molecule has 146 valence electrons. The summed E-state index contributed by atoms with van der Waals surface area (Å²) in [6.45, 7) is 3.53. The number of pyridine rings is 1. The number of H-pyrrole nitrogens is 1. The first-order valence-electron chi connectivity index (χ1n) is 9.21. The fourth-order valence-corrected chi connectivity index (χ4v) is 3.75. The zero-order valence-electron chi connectivity index (χ0n) is 15.9. The highest BCUT2D eigenvalue weighted by molar-refractivity contribution is 5.94. The molecule has 4 rings (SSSR count). The van der Waals surface area contributed by atoms with Crippen LogP contribution in [0.5, 0.6) is 0 Å². The molecule has 1 atom stereocenters. The molecule has 0 saturated heterocycles. The number of benzene rings is 1. The van der Waals surface area contributed by atoms with Crippen LogP contribution >= 0.6 is 0 Å². The van der Waals surface area contributed by atoms with Crippen molar-refractivity contribution < 1.29 is 9.18 Å². The Bertz CT molecular complexity index is 1220. The number of carbonyl (C=O) groups excluding carboxylic acids is 1. The summed E-state index contributed by atoms with van der Waals surface area (Å²) in [6.07, 6.45) is 4.07. The van der Waals surface area contributed by atoms with E-state index in [2.05, 4.69) is 20.3 Å². The molecule has 0 radical (unpaired) electrons. The molecule has 29 heavy (non-hydrogen) atoms. The maximum absolute atomic E-state index is 13.7. The Balaban J connectivity index is 1.67. The molecule has 8 heteroatoms. The lowest BCUT2D eigenvalue weighted by atomic mass is 9.90. The van der Waals surface area contributed by atoms with Crippen molar-refractivity contribution in [2.24, 2.45) is 0 Å². The van der Waals surface area contributed by atoms with Crippen molar-refractivity contribution in [2.45, 2.75) is 38.1 Å². The second-order valence-electron chi connectivity index (χ2n) is 7.37. The second-order valence-corrected chi connectivity index (χ2v) is 7.37. The van der Waals surface area contributed by atoms with E-state index in [1.54, 1.807) is 13.8 Å². The van der Waals surface area contributed by atoms with Crippen LogP contribution in [-0.4, -0.2) is 20.9 Å². The van der Waals surface area contributed by atoms with Crippen LogP contribution in [0.15, 0.2) is 35.4 Å². The largest absolute Gasteiger partial charge is 0.349 e. The van der Waals surface area contributed by atoms with Crippen molar-refractivity contribution in [3.8, 4) is 6.07 Å². The predicted octanol–water partition coefficient (Wildman–Crippen LogP) is 2.55. The maximum atomic E-state index is 13.7. The maximum Gasteiger partial charge on any atom is 0.252 e. The summed E-state index contributed by atoms with van der Waals surface area (Å²) in [4.78, 5) is 36.5. The quantitative estimate of drug-likeness (QED) is 0.710. The Morgan fingerprint density at radius 2 is 2.03 bits per heavy atom. The summed E-state index contributed by atoms with van der Waals surface area (Å²) in [5, 5.41) is 12.3. The van der Waals surface area contributed by atoms with Crippen molar-refractivity contribution in [2.75, 3.05) is 0 Å². The van der Waals surface area contributed by atoms with Crippen molar-refractivity contribution in [3.63, 3.8) is 0 Å². The molecule has 0 aliphatic heterocycles. The number of aromatic nitrogens is 3. The SMILES string of the molecule is Cc1c(C2(C(=O)N[C@H](C)c3cnc(C#N)nc3)CC2)c(=O)[nH]c2ccc(F)cc12. The summed E-state index contributed by atoms with van der Waals surface area (Å²) in [5.41, 5.74) is 0.932. The number of amides is 1. The topological polar surface area (TPSA) is 112 Å². The van der Waals surface area contributed by atoms with E-state index >= 15 is 0 Å². The number of fused-ring (bicyclic) bond motifs is 1. The molecule has 2 aromatic heterocycles. The molecular formula is C21H18FN5O2. The Hall–Kier alpha value is -3.60. The number of hydrogen-bond acceptors (Lipinski definition) is 5. The van der Waals surface area contributed by atoms with Crippen molar-refractivity contribution in [1.82, 2.24) is 20.3 Å². The number of rotatable bonds is 4. The summed E-state index contributed by atoms with van der Waals surface area (Å²) in [5.74, 6) is -0.613. The fourth-order valence-electron chi connectivity index (χ4n) is 3.75. The van der Waals surface area contributed by atoms with Crippen molar-refractivity contribution in [1.29, 1.82) is 5.26 Å². The van der Waals surface area contributed by atoms with Gasteiger partial charge in [-0.2, -0.15) is 5.26 Å². The third-order valence-corrected chi connectivity index (χ3v) is 5.52. The molecular weight excluding hydrogens is 373 g/mol. The highest BCUT2D eigenvalue weighted by Gasteiger charge is 2.54. The lowest BCUT2D eigenvalue weighted by Gasteiger charge is -2.21. The van der Waals surface area contributed by atoms with Crippen LogP contribution in [0.3, 0.4) is 0 Å². The van der Waals surface area contributed by atoms with E-state index in [4.69, 9.17) is 5.26 Å². The fraction of sp³-hybridized carbons (Fsp3) is 0.286. The molecule has 1 saturated carbocycles. The number of hydrogen-bond donors (Lipinski definition) is 2. The normalized spacial score (nSPS) is 15.5. The molecule has 0 bridgehead atoms. The summed E-state index contributed by atoms with van der Waals surface area (Å²) in [6, 6.07) is 5.63. The standard InChI is InChI=1S/C21H18FN5O2/c1-11-15-7-14(22)3-4-16(15)27-19(28)18(11)21(5-6-21)20(29)26-12(2)13-9-24-17(8-23)25-10-13/h3-4,7,9-10,12H,5-6H2,1-2H3,(H,26,29)(H,27,28)/t12-/m1/s1. The minimum absolute atomic E-state index is 0.0523. The minimum atomic E-state index is -0.931. The molecule has 0 unspecified atom stereocenters. The molecule has 1 aromatic carbocycles. The average Bonchev–Trinajstić information content (AvgIpc) is 3.50. The van der Waals surface area contributed by atoms with Gasteiger partial charge in [0, 0.05) is 34.4 Å². The Labute approximate surface area is 165 Å². The van der Waals surface area contributed by atoms with Crippen LogP contribution in [-0.2, 0) is 10.2 Å². The van der Waals surface area contributed by atoms with E-state index < -0.39 is 17.3 Å². The Kier molecular flexibility index (Phi) is 4.38. The summed E-state index contributed by atoms with van der Waals surface area (Å²) >= 11 is 0.